The zero-order valence-corrected chi connectivity index (χ0v) is 7.44. The monoisotopic (exact) mass is 179 g/mol. The normalized spacial score (nSPS) is 18.8. The molecule has 0 radical (unpaired) electrons. The Balaban J connectivity index is 2.14. The first-order valence-corrected chi connectivity index (χ1v) is 4.52. The van der Waals surface area contributed by atoms with Crippen molar-refractivity contribution in [3.8, 4) is 0 Å². The van der Waals surface area contributed by atoms with Crippen LogP contribution >= 0.6 is 0 Å². The topological polar surface area (TPSA) is 61.0 Å². The molecule has 0 amide bonds. The van der Waals surface area contributed by atoms with Gasteiger partial charge < -0.3 is 10.5 Å². The minimum atomic E-state index is 0.504. The summed E-state index contributed by atoms with van der Waals surface area (Å²) in [5.41, 5.74) is 6.75. The van der Waals surface area contributed by atoms with Gasteiger partial charge in [-0.1, -0.05) is 0 Å². The molecule has 1 saturated heterocycles. The number of aromatic nitrogens is 2. The third-order valence-electron chi connectivity index (χ3n) is 2.39. The quantitative estimate of drug-likeness (QED) is 0.697. The van der Waals surface area contributed by atoms with Crippen molar-refractivity contribution in [1.82, 2.24) is 10.2 Å². The van der Waals surface area contributed by atoms with Gasteiger partial charge in [-0.25, -0.2) is 0 Å². The van der Waals surface area contributed by atoms with Crippen molar-refractivity contribution >= 4 is 5.82 Å². The molecule has 0 spiro atoms. The molecule has 1 aromatic heterocycles. The average Bonchev–Trinajstić information content (AvgIpc) is 2.19. The first kappa shape index (κ1) is 8.44. The van der Waals surface area contributed by atoms with Crippen molar-refractivity contribution in [2.45, 2.75) is 18.8 Å². The Morgan fingerprint density at radius 3 is 2.85 bits per heavy atom. The maximum atomic E-state index is 5.56. The lowest BCUT2D eigenvalue weighted by atomic mass is 9.93. The standard InChI is InChI=1S/C9H13N3O/c10-9-5-8(6-11-12-9)7-1-3-13-4-2-7/h5-7H,1-4H2,(H2,10,12). The Kier molecular flexibility index (Phi) is 2.40. The highest BCUT2D eigenvalue weighted by Gasteiger charge is 2.16. The van der Waals surface area contributed by atoms with E-state index in [0.29, 0.717) is 11.7 Å². The Hall–Kier alpha value is -1.16. The molecular weight excluding hydrogens is 166 g/mol. The fourth-order valence-electron chi connectivity index (χ4n) is 1.65. The summed E-state index contributed by atoms with van der Waals surface area (Å²) < 4.78 is 5.28. The van der Waals surface area contributed by atoms with Crippen LogP contribution in [0.25, 0.3) is 0 Å². The fraction of sp³-hybridized carbons (Fsp3) is 0.556. The van der Waals surface area contributed by atoms with Gasteiger partial charge in [0.05, 0.1) is 6.20 Å². The van der Waals surface area contributed by atoms with E-state index >= 15 is 0 Å². The molecule has 2 rings (SSSR count). The second kappa shape index (κ2) is 3.70. The van der Waals surface area contributed by atoms with Gasteiger partial charge in [-0.15, -0.1) is 5.10 Å². The van der Waals surface area contributed by atoms with Crippen LogP contribution in [0.4, 0.5) is 5.82 Å². The van der Waals surface area contributed by atoms with Crippen LogP contribution in [-0.4, -0.2) is 23.4 Å². The summed E-state index contributed by atoms with van der Waals surface area (Å²) in [5, 5.41) is 7.57. The van der Waals surface area contributed by atoms with Gasteiger partial charge in [0.15, 0.2) is 0 Å². The van der Waals surface area contributed by atoms with Gasteiger partial charge in [0.2, 0.25) is 0 Å². The third-order valence-corrected chi connectivity index (χ3v) is 2.39. The lowest BCUT2D eigenvalue weighted by Crippen LogP contribution is -2.14. The van der Waals surface area contributed by atoms with Gasteiger partial charge >= 0.3 is 0 Å². The maximum Gasteiger partial charge on any atom is 0.146 e. The largest absolute Gasteiger partial charge is 0.382 e. The Labute approximate surface area is 77.1 Å². The summed E-state index contributed by atoms with van der Waals surface area (Å²) in [6.07, 6.45) is 3.92. The molecule has 1 aliphatic rings. The van der Waals surface area contributed by atoms with Crippen molar-refractivity contribution < 1.29 is 4.74 Å². The highest BCUT2D eigenvalue weighted by molar-refractivity contribution is 5.31. The molecule has 0 aliphatic carbocycles. The molecule has 4 nitrogen and oxygen atoms in total. The van der Waals surface area contributed by atoms with Gasteiger partial charge in [0.25, 0.3) is 0 Å². The van der Waals surface area contributed by atoms with E-state index < -0.39 is 0 Å². The van der Waals surface area contributed by atoms with E-state index in [0.717, 1.165) is 26.1 Å². The SMILES string of the molecule is Nc1cc(C2CCOCC2)cnn1. The molecule has 0 aromatic carbocycles. The Bertz CT molecular complexity index is 284. The number of rotatable bonds is 1. The van der Waals surface area contributed by atoms with Gasteiger partial charge in [-0.2, -0.15) is 5.10 Å². The van der Waals surface area contributed by atoms with Crippen LogP contribution in [0.1, 0.15) is 24.3 Å². The summed E-state index contributed by atoms with van der Waals surface area (Å²) in [6.45, 7) is 1.68. The molecule has 0 bridgehead atoms. The molecule has 2 heterocycles. The molecule has 2 N–H and O–H groups in total. The molecular formula is C9H13N3O. The van der Waals surface area contributed by atoms with E-state index in [2.05, 4.69) is 10.2 Å². The maximum absolute atomic E-state index is 5.56. The van der Waals surface area contributed by atoms with Gasteiger partial charge in [0, 0.05) is 13.2 Å². The highest BCUT2D eigenvalue weighted by Crippen LogP contribution is 2.26. The van der Waals surface area contributed by atoms with Gasteiger partial charge in [-0.05, 0) is 30.4 Å². The molecule has 70 valence electrons. The summed E-state index contributed by atoms with van der Waals surface area (Å²) in [4.78, 5) is 0. The number of nitrogens with zero attached hydrogens (tertiary/aromatic N) is 2. The minimum Gasteiger partial charge on any atom is -0.382 e. The van der Waals surface area contributed by atoms with Gasteiger partial charge in [0.1, 0.15) is 5.82 Å². The van der Waals surface area contributed by atoms with E-state index in [9.17, 15) is 0 Å². The van der Waals surface area contributed by atoms with Crippen LogP contribution < -0.4 is 5.73 Å². The second-order valence-electron chi connectivity index (χ2n) is 3.30. The highest BCUT2D eigenvalue weighted by atomic mass is 16.5. The Morgan fingerprint density at radius 1 is 1.38 bits per heavy atom. The van der Waals surface area contributed by atoms with E-state index in [1.54, 1.807) is 6.20 Å². The van der Waals surface area contributed by atoms with Crippen molar-refractivity contribution in [3.63, 3.8) is 0 Å². The van der Waals surface area contributed by atoms with E-state index in [-0.39, 0.29) is 0 Å². The van der Waals surface area contributed by atoms with E-state index in [4.69, 9.17) is 10.5 Å². The summed E-state index contributed by atoms with van der Waals surface area (Å²) in [7, 11) is 0. The third kappa shape index (κ3) is 1.95. The number of nitrogen functional groups attached to an aromatic ring is 1. The van der Waals surface area contributed by atoms with Crippen LogP contribution in [-0.2, 0) is 4.74 Å². The lowest BCUT2D eigenvalue weighted by molar-refractivity contribution is 0.0852. The van der Waals surface area contributed by atoms with E-state index in [1.165, 1.54) is 5.56 Å². The van der Waals surface area contributed by atoms with Crippen LogP contribution in [0.15, 0.2) is 12.3 Å². The lowest BCUT2D eigenvalue weighted by Gasteiger charge is -2.21. The summed E-state index contributed by atoms with van der Waals surface area (Å²) in [5.74, 6) is 1.05. The van der Waals surface area contributed by atoms with Gasteiger partial charge in [-0.3, -0.25) is 0 Å². The van der Waals surface area contributed by atoms with Crippen LogP contribution in [0.2, 0.25) is 0 Å². The zero-order chi connectivity index (χ0) is 9.10. The van der Waals surface area contributed by atoms with Crippen molar-refractivity contribution in [2.24, 2.45) is 0 Å². The molecule has 0 atom stereocenters. The number of ether oxygens (including phenoxy) is 1. The number of anilines is 1. The predicted octanol–water partition coefficient (Wildman–Crippen LogP) is 0.953. The van der Waals surface area contributed by atoms with Crippen molar-refractivity contribution in [1.29, 1.82) is 0 Å². The first-order valence-electron chi connectivity index (χ1n) is 4.52. The molecule has 1 aromatic rings. The number of nitrogens with two attached hydrogens (primary N) is 1. The fourth-order valence-corrected chi connectivity index (χ4v) is 1.65. The van der Waals surface area contributed by atoms with Crippen LogP contribution in [0, 0.1) is 0 Å². The van der Waals surface area contributed by atoms with Crippen LogP contribution in [0.5, 0.6) is 0 Å². The molecule has 13 heavy (non-hydrogen) atoms. The smallest absolute Gasteiger partial charge is 0.146 e. The first-order chi connectivity index (χ1) is 6.36. The minimum absolute atomic E-state index is 0.504. The molecule has 0 unspecified atom stereocenters. The molecule has 4 heteroatoms. The molecule has 0 saturated carbocycles. The zero-order valence-electron chi connectivity index (χ0n) is 7.44. The molecule has 1 aliphatic heterocycles. The summed E-state index contributed by atoms with van der Waals surface area (Å²) >= 11 is 0. The Morgan fingerprint density at radius 2 is 2.15 bits per heavy atom. The molecule has 1 fully saturated rings. The van der Waals surface area contributed by atoms with Crippen LogP contribution in [0.3, 0.4) is 0 Å². The van der Waals surface area contributed by atoms with Crippen molar-refractivity contribution in [2.75, 3.05) is 18.9 Å². The average molecular weight is 179 g/mol. The summed E-state index contributed by atoms with van der Waals surface area (Å²) in [6, 6.07) is 1.91. The second-order valence-corrected chi connectivity index (χ2v) is 3.30. The number of hydrogen-bond donors (Lipinski definition) is 1. The number of hydrogen-bond acceptors (Lipinski definition) is 4. The van der Waals surface area contributed by atoms with E-state index in [1.807, 2.05) is 6.07 Å². The predicted molar refractivity (Wildman–Crippen MR) is 49.2 cm³/mol. The van der Waals surface area contributed by atoms with Crippen molar-refractivity contribution in [3.05, 3.63) is 17.8 Å².